The van der Waals surface area contributed by atoms with E-state index in [9.17, 15) is 0 Å². The third-order valence-corrected chi connectivity index (χ3v) is 13.5. The van der Waals surface area contributed by atoms with E-state index < -0.39 is 0 Å². The molecule has 12 rings (SSSR count). The summed E-state index contributed by atoms with van der Waals surface area (Å²) >= 11 is 0. The molecule has 2 aliphatic rings. The van der Waals surface area contributed by atoms with Crippen molar-refractivity contribution in [2.24, 2.45) is 0 Å². The maximum Gasteiger partial charge on any atom is 0.252 e. The maximum absolute atomic E-state index is 6.84. The topological polar surface area (TPSA) is 22.9 Å². The standard InChI is InChI=1S/C60H48BN3O/c1-39-27-31-44(32-28-39)63-52-33-29-40(2)35-49(52)61-50-36-42(60(3,4)5)30-34-53(50)64(51-24-14-12-21-46(51)41-17-8-6-9-18-41)56-38-45(37-55(63)58(56)61)62(43-19-10-7-11-20-43)54-25-16-23-48-47-22-13-15-26-57(47)65-59(48)54/h6-38H,1-5H3. The number of nitrogens with zero attached hydrogens (tertiary/aromatic N) is 3. The quantitative estimate of drug-likeness (QED) is 0.156. The van der Waals surface area contributed by atoms with Crippen molar-refractivity contribution in [3.05, 3.63) is 217 Å². The zero-order chi connectivity index (χ0) is 44.0. The van der Waals surface area contributed by atoms with E-state index in [0.29, 0.717) is 0 Å². The second-order valence-corrected chi connectivity index (χ2v) is 18.7. The highest BCUT2D eigenvalue weighted by molar-refractivity contribution is 7.00. The van der Waals surface area contributed by atoms with E-state index in [1.54, 1.807) is 0 Å². The summed E-state index contributed by atoms with van der Waals surface area (Å²) in [5, 5.41) is 2.19. The van der Waals surface area contributed by atoms with Crippen LogP contribution in [0.5, 0.6) is 0 Å². The van der Waals surface area contributed by atoms with Gasteiger partial charge in [0, 0.05) is 50.5 Å². The first-order valence-corrected chi connectivity index (χ1v) is 22.7. The Balaban J connectivity index is 1.23. The van der Waals surface area contributed by atoms with Crippen LogP contribution in [0.25, 0.3) is 33.1 Å². The minimum Gasteiger partial charge on any atom is -0.454 e. The normalized spacial score (nSPS) is 12.9. The van der Waals surface area contributed by atoms with Crippen molar-refractivity contribution in [1.29, 1.82) is 0 Å². The van der Waals surface area contributed by atoms with Crippen LogP contribution in [-0.4, -0.2) is 6.71 Å². The summed E-state index contributed by atoms with van der Waals surface area (Å²) in [5.41, 5.74) is 21.7. The monoisotopic (exact) mass is 837 g/mol. The first-order valence-electron chi connectivity index (χ1n) is 22.7. The fourth-order valence-corrected chi connectivity index (χ4v) is 10.4. The Kier molecular flexibility index (Phi) is 8.93. The molecule has 3 heterocycles. The Morgan fingerprint density at radius 2 is 1.11 bits per heavy atom. The Hall–Kier alpha value is -7.76. The zero-order valence-corrected chi connectivity index (χ0v) is 37.4. The molecule has 312 valence electrons. The summed E-state index contributed by atoms with van der Waals surface area (Å²) in [6.07, 6.45) is 0. The number of hydrogen-bond acceptors (Lipinski definition) is 4. The van der Waals surface area contributed by atoms with Crippen molar-refractivity contribution < 1.29 is 4.42 Å². The van der Waals surface area contributed by atoms with Gasteiger partial charge in [-0.2, -0.15) is 0 Å². The number of benzene rings is 9. The number of para-hydroxylation sites is 4. The Bertz CT molecular complexity index is 3460. The van der Waals surface area contributed by atoms with Gasteiger partial charge < -0.3 is 19.1 Å². The number of aryl methyl sites for hydroxylation is 2. The number of hydrogen-bond donors (Lipinski definition) is 0. The van der Waals surface area contributed by atoms with Crippen LogP contribution in [0.2, 0.25) is 0 Å². The van der Waals surface area contributed by atoms with Crippen molar-refractivity contribution in [3.63, 3.8) is 0 Å². The van der Waals surface area contributed by atoms with Crippen molar-refractivity contribution in [2.45, 2.75) is 40.0 Å². The second kappa shape index (κ2) is 14.9. The molecule has 0 fully saturated rings. The Morgan fingerprint density at radius 1 is 0.477 bits per heavy atom. The van der Waals surface area contributed by atoms with Crippen LogP contribution in [-0.2, 0) is 5.41 Å². The fourth-order valence-electron chi connectivity index (χ4n) is 10.4. The third kappa shape index (κ3) is 6.29. The van der Waals surface area contributed by atoms with E-state index in [0.717, 1.165) is 61.8 Å². The minimum atomic E-state index is -0.0549. The summed E-state index contributed by atoms with van der Waals surface area (Å²) < 4.78 is 6.84. The molecule has 0 saturated carbocycles. The molecular weight excluding hydrogens is 789 g/mol. The second-order valence-electron chi connectivity index (χ2n) is 18.7. The van der Waals surface area contributed by atoms with Gasteiger partial charge in [0.2, 0.25) is 0 Å². The van der Waals surface area contributed by atoms with E-state index >= 15 is 0 Å². The highest BCUT2D eigenvalue weighted by Crippen LogP contribution is 2.51. The lowest BCUT2D eigenvalue weighted by molar-refractivity contribution is 0.591. The summed E-state index contributed by atoms with van der Waals surface area (Å²) in [6, 6.07) is 73.6. The van der Waals surface area contributed by atoms with Gasteiger partial charge in [0.05, 0.1) is 17.1 Å². The van der Waals surface area contributed by atoms with Gasteiger partial charge in [-0.25, -0.2) is 0 Å². The first kappa shape index (κ1) is 38.9. The van der Waals surface area contributed by atoms with E-state index in [1.807, 2.05) is 6.07 Å². The number of furan rings is 1. The van der Waals surface area contributed by atoms with E-state index in [4.69, 9.17) is 4.42 Å². The van der Waals surface area contributed by atoms with Crippen molar-refractivity contribution in [1.82, 2.24) is 0 Å². The molecule has 0 atom stereocenters. The van der Waals surface area contributed by atoms with Gasteiger partial charge in [-0.3, -0.25) is 0 Å². The molecule has 0 saturated heterocycles. The van der Waals surface area contributed by atoms with Crippen LogP contribution >= 0.6 is 0 Å². The lowest BCUT2D eigenvalue weighted by atomic mass is 9.33. The molecule has 10 aromatic rings. The molecule has 0 amide bonds. The van der Waals surface area contributed by atoms with Crippen LogP contribution in [0.3, 0.4) is 0 Å². The predicted molar refractivity (Wildman–Crippen MR) is 276 cm³/mol. The average molecular weight is 838 g/mol. The molecule has 9 aromatic carbocycles. The average Bonchev–Trinajstić information content (AvgIpc) is 3.72. The molecule has 65 heavy (non-hydrogen) atoms. The molecule has 1 aromatic heterocycles. The summed E-state index contributed by atoms with van der Waals surface area (Å²) in [5.74, 6) is 0. The predicted octanol–water partition coefficient (Wildman–Crippen LogP) is 14.7. The van der Waals surface area contributed by atoms with Gasteiger partial charge in [0.15, 0.2) is 5.58 Å². The van der Waals surface area contributed by atoms with Gasteiger partial charge >= 0.3 is 0 Å². The molecule has 0 bridgehead atoms. The summed E-state index contributed by atoms with van der Waals surface area (Å²) in [4.78, 5) is 7.47. The highest BCUT2D eigenvalue weighted by atomic mass is 16.3. The summed E-state index contributed by atoms with van der Waals surface area (Å²) in [6.45, 7) is 11.3. The van der Waals surface area contributed by atoms with Crippen LogP contribution in [0.4, 0.5) is 51.2 Å². The molecular formula is C60H48BN3O. The van der Waals surface area contributed by atoms with E-state index in [2.05, 4.69) is 243 Å². The van der Waals surface area contributed by atoms with Crippen LogP contribution in [0, 0.1) is 13.8 Å². The zero-order valence-electron chi connectivity index (χ0n) is 37.4. The smallest absolute Gasteiger partial charge is 0.252 e. The van der Waals surface area contributed by atoms with Gasteiger partial charge in [0.25, 0.3) is 6.71 Å². The molecule has 2 aliphatic heterocycles. The minimum absolute atomic E-state index is 0.0351. The molecule has 0 spiro atoms. The van der Waals surface area contributed by atoms with Crippen molar-refractivity contribution >= 4 is 96.2 Å². The molecule has 0 N–H and O–H groups in total. The third-order valence-electron chi connectivity index (χ3n) is 13.5. The van der Waals surface area contributed by atoms with Crippen LogP contribution < -0.4 is 31.1 Å². The highest BCUT2D eigenvalue weighted by Gasteiger charge is 2.45. The fraction of sp³-hybridized carbons (Fsp3) is 0.100. The Morgan fingerprint density at radius 3 is 1.89 bits per heavy atom. The van der Waals surface area contributed by atoms with Crippen molar-refractivity contribution in [3.8, 4) is 11.1 Å². The number of rotatable bonds is 6. The van der Waals surface area contributed by atoms with Gasteiger partial charge in [0.1, 0.15) is 5.58 Å². The molecule has 0 aliphatic carbocycles. The lowest BCUT2D eigenvalue weighted by Crippen LogP contribution is -2.61. The van der Waals surface area contributed by atoms with E-state index in [-0.39, 0.29) is 12.1 Å². The first-order chi connectivity index (χ1) is 31.7. The van der Waals surface area contributed by atoms with Gasteiger partial charge in [-0.1, -0.05) is 165 Å². The molecule has 4 nitrogen and oxygen atoms in total. The molecule has 0 radical (unpaired) electrons. The summed E-state index contributed by atoms with van der Waals surface area (Å²) in [7, 11) is 0. The number of fused-ring (bicyclic) bond motifs is 7. The largest absolute Gasteiger partial charge is 0.454 e. The number of anilines is 9. The molecule has 5 heteroatoms. The van der Waals surface area contributed by atoms with Crippen LogP contribution in [0.15, 0.2) is 205 Å². The van der Waals surface area contributed by atoms with Crippen LogP contribution in [0.1, 0.15) is 37.5 Å². The van der Waals surface area contributed by atoms with Gasteiger partial charge in [-0.15, -0.1) is 0 Å². The Labute approximate surface area is 381 Å². The SMILES string of the molecule is Cc1ccc(N2c3ccc(C)cc3B3c4cc(C(C)(C)C)ccc4N(c4ccccc4-c4ccccc4)c4cc(N(c5ccccc5)c5cccc6c5oc5ccccc56)cc2c43)cc1. The maximum atomic E-state index is 6.84. The van der Waals surface area contributed by atoms with Gasteiger partial charge in [-0.05, 0) is 114 Å². The van der Waals surface area contributed by atoms with Crippen molar-refractivity contribution in [2.75, 3.05) is 14.7 Å². The molecule has 0 unspecified atom stereocenters. The lowest BCUT2D eigenvalue weighted by Gasteiger charge is -2.45. The van der Waals surface area contributed by atoms with E-state index in [1.165, 1.54) is 55.6 Å².